The van der Waals surface area contributed by atoms with E-state index in [0.29, 0.717) is 0 Å². The molecule has 0 radical (unpaired) electrons. The van der Waals surface area contributed by atoms with E-state index in [-0.39, 0.29) is 0 Å². The number of nitrogens with one attached hydrogen (secondary N) is 1. The third kappa shape index (κ3) is 10.6. The summed E-state index contributed by atoms with van der Waals surface area (Å²) >= 11 is 0. The van der Waals surface area contributed by atoms with E-state index >= 15 is 0 Å². The smallest absolute Gasteiger partial charge is 0.0594 e. The average Bonchev–Trinajstić information content (AvgIpc) is 2.55. The van der Waals surface area contributed by atoms with Crippen molar-refractivity contribution in [2.75, 3.05) is 39.4 Å². The Morgan fingerprint density at radius 1 is 0.864 bits per heavy atom. The molecule has 1 rings (SSSR count). The topological polar surface area (TPSA) is 24.5 Å². The second-order valence-electron chi connectivity index (χ2n) is 6.80. The number of hydrogen-bond donors (Lipinski definition) is 1. The third-order valence-corrected chi connectivity index (χ3v) is 4.78. The van der Waals surface area contributed by atoms with Crippen molar-refractivity contribution < 1.29 is 4.74 Å². The molecule has 0 spiro atoms. The molecule has 0 saturated carbocycles. The van der Waals surface area contributed by atoms with Crippen molar-refractivity contribution in [2.45, 2.75) is 84.1 Å². The highest BCUT2D eigenvalue weighted by molar-refractivity contribution is 4.70. The maximum atomic E-state index is 5.42. The van der Waals surface area contributed by atoms with Crippen molar-refractivity contribution in [3.8, 4) is 0 Å². The quantitative estimate of drug-likeness (QED) is 0.486. The highest BCUT2D eigenvalue weighted by atomic mass is 16.5. The maximum Gasteiger partial charge on any atom is 0.0594 e. The molecule has 132 valence electrons. The summed E-state index contributed by atoms with van der Waals surface area (Å²) in [7, 11) is 0. The first kappa shape index (κ1) is 19.9. The Morgan fingerprint density at radius 3 is 2.14 bits per heavy atom. The summed E-state index contributed by atoms with van der Waals surface area (Å²) in [4.78, 5) is 2.53. The van der Waals surface area contributed by atoms with Crippen LogP contribution < -0.4 is 5.32 Å². The molecule has 3 heteroatoms. The van der Waals surface area contributed by atoms with Gasteiger partial charge >= 0.3 is 0 Å². The van der Waals surface area contributed by atoms with Gasteiger partial charge in [0, 0.05) is 32.2 Å². The van der Waals surface area contributed by atoms with Crippen LogP contribution in [-0.4, -0.2) is 50.3 Å². The molecule has 22 heavy (non-hydrogen) atoms. The lowest BCUT2D eigenvalue weighted by Gasteiger charge is -2.27. The van der Waals surface area contributed by atoms with Gasteiger partial charge < -0.3 is 10.1 Å². The highest BCUT2D eigenvalue weighted by Gasteiger charge is 2.11. The molecule has 0 amide bonds. The van der Waals surface area contributed by atoms with Gasteiger partial charge in [0.1, 0.15) is 0 Å². The molecule has 1 fully saturated rings. The number of unbranched alkanes of at least 4 members (excludes halogenated alkanes) is 6. The average molecular weight is 313 g/mol. The van der Waals surface area contributed by atoms with Gasteiger partial charge in [0.25, 0.3) is 0 Å². The van der Waals surface area contributed by atoms with Crippen LogP contribution in [-0.2, 0) is 4.74 Å². The van der Waals surface area contributed by atoms with Gasteiger partial charge in [-0.15, -0.1) is 0 Å². The van der Waals surface area contributed by atoms with Crippen molar-refractivity contribution in [2.24, 2.45) is 0 Å². The van der Waals surface area contributed by atoms with Crippen molar-refractivity contribution in [1.82, 2.24) is 10.2 Å². The second-order valence-corrected chi connectivity index (χ2v) is 6.80. The van der Waals surface area contributed by atoms with Gasteiger partial charge in [-0.2, -0.15) is 0 Å². The Hall–Kier alpha value is -0.120. The molecule has 1 N–H and O–H groups in total. The summed E-state index contributed by atoms with van der Waals surface area (Å²) in [5.74, 6) is 0. The number of ether oxygens (including phenoxy) is 1. The van der Waals surface area contributed by atoms with Crippen LogP contribution in [0, 0.1) is 0 Å². The summed E-state index contributed by atoms with van der Waals surface area (Å²) < 4.78 is 5.42. The molecular weight excluding hydrogens is 272 g/mol. The van der Waals surface area contributed by atoms with E-state index in [2.05, 4.69) is 24.1 Å². The van der Waals surface area contributed by atoms with Gasteiger partial charge in [-0.05, 0) is 12.8 Å². The molecule has 3 nitrogen and oxygen atoms in total. The highest BCUT2D eigenvalue weighted by Crippen LogP contribution is 2.12. The van der Waals surface area contributed by atoms with Gasteiger partial charge in [-0.25, -0.2) is 0 Å². The molecule has 1 atom stereocenters. The number of hydrogen-bond acceptors (Lipinski definition) is 3. The fourth-order valence-corrected chi connectivity index (χ4v) is 3.24. The van der Waals surface area contributed by atoms with Crippen molar-refractivity contribution in [1.29, 1.82) is 0 Å². The van der Waals surface area contributed by atoms with Gasteiger partial charge in [0.2, 0.25) is 0 Å². The molecule has 1 aliphatic heterocycles. The number of rotatable bonds is 14. The standard InChI is InChI=1S/C19H40N2O/c1-3-5-7-8-10-12-19(11-9-6-4-2)20-13-14-21-15-17-22-18-16-21/h19-20H,3-18H2,1-2H3. The van der Waals surface area contributed by atoms with Gasteiger partial charge in [0.05, 0.1) is 13.2 Å². The predicted molar refractivity (Wildman–Crippen MR) is 96.6 cm³/mol. The van der Waals surface area contributed by atoms with E-state index in [1.807, 2.05) is 0 Å². The molecule has 1 unspecified atom stereocenters. The number of nitrogens with zero attached hydrogens (tertiary/aromatic N) is 1. The molecule has 0 aromatic rings. The van der Waals surface area contributed by atoms with Crippen LogP contribution in [0.25, 0.3) is 0 Å². The molecule has 0 aliphatic carbocycles. The molecule has 0 aromatic heterocycles. The van der Waals surface area contributed by atoms with Crippen molar-refractivity contribution in [3.05, 3.63) is 0 Å². The summed E-state index contributed by atoms with van der Waals surface area (Å²) in [6.45, 7) is 11.0. The van der Waals surface area contributed by atoms with Gasteiger partial charge in [-0.3, -0.25) is 4.90 Å². The zero-order chi connectivity index (χ0) is 15.9. The Kier molecular flexibility index (Phi) is 13.1. The van der Waals surface area contributed by atoms with E-state index in [0.717, 1.165) is 38.9 Å². The Labute approximate surface area is 139 Å². The largest absolute Gasteiger partial charge is 0.379 e. The lowest BCUT2D eigenvalue weighted by molar-refractivity contribution is 0.0380. The summed E-state index contributed by atoms with van der Waals surface area (Å²) in [5, 5.41) is 3.83. The summed E-state index contributed by atoms with van der Waals surface area (Å²) in [5.41, 5.74) is 0. The zero-order valence-electron chi connectivity index (χ0n) is 15.2. The molecule has 1 aliphatic rings. The van der Waals surface area contributed by atoms with Crippen LogP contribution in [0.5, 0.6) is 0 Å². The van der Waals surface area contributed by atoms with Crippen LogP contribution in [0.2, 0.25) is 0 Å². The molecule has 1 saturated heterocycles. The lowest BCUT2D eigenvalue weighted by Crippen LogP contribution is -2.42. The van der Waals surface area contributed by atoms with Crippen molar-refractivity contribution >= 4 is 0 Å². The zero-order valence-corrected chi connectivity index (χ0v) is 15.2. The van der Waals surface area contributed by atoms with E-state index in [9.17, 15) is 0 Å². The van der Waals surface area contributed by atoms with Gasteiger partial charge in [-0.1, -0.05) is 65.2 Å². The Bertz CT molecular complexity index is 229. The van der Waals surface area contributed by atoms with Gasteiger partial charge in [0.15, 0.2) is 0 Å². The van der Waals surface area contributed by atoms with Crippen LogP contribution in [0.1, 0.15) is 78.1 Å². The van der Waals surface area contributed by atoms with E-state index in [4.69, 9.17) is 4.74 Å². The summed E-state index contributed by atoms with van der Waals surface area (Å²) in [6, 6.07) is 0.745. The predicted octanol–water partition coefficient (Wildman–Crippen LogP) is 4.22. The lowest BCUT2D eigenvalue weighted by atomic mass is 10.0. The molecule has 0 bridgehead atoms. The first-order valence-electron chi connectivity index (χ1n) is 9.90. The first-order chi connectivity index (χ1) is 10.9. The van der Waals surface area contributed by atoms with Crippen LogP contribution in [0.4, 0.5) is 0 Å². The SMILES string of the molecule is CCCCCCCC(CCCCC)NCCN1CCOCC1. The summed E-state index contributed by atoms with van der Waals surface area (Å²) in [6.07, 6.45) is 13.8. The normalized spacial score (nSPS) is 17.7. The van der Waals surface area contributed by atoms with Crippen LogP contribution >= 0.6 is 0 Å². The second kappa shape index (κ2) is 14.5. The molecule has 0 aromatic carbocycles. The molecular formula is C19H40N2O. The molecule has 1 heterocycles. The minimum absolute atomic E-state index is 0.745. The fourth-order valence-electron chi connectivity index (χ4n) is 3.24. The Morgan fingerprint density at radius 2 is 1.45 bits per heavy atom. The van der Waals surface area contributed by atoms with E-state index in [1.54, 1.807) is 0 Å². The monoisotopic (exact) mass is 312 g/mol. The van der Waals surface area contributed by atoms with Crippen LogP contribution in [0.3, 0.4) is 0 Å². The fraction of sp³-hybridized carbons (Fsp3) is 1.00. The van der Waals surface area contributed by atoms with E-state index < -0.39 is 0 Å². The van der Waals surface area contributed by atoms with E-state index in [1.165, 1.54) is 70.8 Å². The third-order valence-electron chi connectivity index (χ3n) is 4.78. The van der Waals surface area contributed by atoms with Crippen LogP contribution in [0.15, 0.2) is 0 Å². The minimum Gasteiger partial charge on any atom is -0.379 e. The maximum absolute atomic E-state index is 5.42. The minimum atomic E-state index is 0.745. The number of morpholine rings is 1. The Balaban J connectivity index is 2.12. The first-order valence-corrected chi connectivity index (χ1v) is 9.90. The van der Waals surface area contributed by atoms with Crippen molar-refractivity contribution in [3.63, 3.8) is 0 Å².